The van der Waals surface area contributed by atoms with E-state index in [0.717, 1.165) is 0 Å². The molecule has 0 saturated heterocycles. The van der Waals surface area contributed by atoms with Crippen molar-refractivity contribution in [1.82, 2.24) is 0 Å². The monoisotopic (exact) mass is 280 g/mol. The fourth-order valence-corrected chi connectivity index (χ4v) is 2.05. The van der Waals surface area contributed by atoms with Gasteiger partial charge in [-0.2, -0.15) is 0 Å². The van der Waals surface area contributed by atoms with E-state index in [1.54, 1.807) is 6.92 Å². The van der Waals surface area contributed by atoms with Crippen molar-refractivity contribution < 1.29 is 14.3 Å². The molecule has 0 aliphatic carbocycles. The summed E-state index contributed by atoms with van der Waals surface area (Å²) in [6.07, 6.45) is 0. The molecule has 0 fully saturated rings. The maximum atomic E-state index is 11.6. The number of hydrogen-bond donors (Lipinski definition) is 0. The quantitative estimate of drug-likeness (QED) is 0.484. The molecule has 16 heavy (non-hydrogen) atoms. The van der Waals surface area contributed by atoms with Crippen LogP contribution in [0.15, 0.2) is 12.1 Å². The van der Waals surface area contributed by atoms with E-state index >= 15 is 0 Å². The summed E-state index contributed by atoms with van der Waals surface area (Å²) in [5.74, 6) is -1.87. The van der Waals surface area contributed by atoms with Gasteiger partial charge in [0.1, 0.15) is 0 Å². The van der Waals surface area contributed by atoms with Crippen molar-refractivity contribution in [2.75, 3.05) is 6.61 Å². The number of benzene rings is 1. The Morgan fingerprint density at radius 1 is 1.19 bits per heavy atom. The van der Waals surface area contributed by atoms with Crippen molar-refractivity contribution in [2.24, 2.45) is 0 Å². The Balaban J connectivity index is 3.14. The van der Waals surface area contributed by atoms with Gasteiger partial charge in [0.25, 0.3) is 5.78 Å². The second-order valence-corrected chi connectivity index (χ2v) is 4.04. The Labute approximate surface area is 107 Å². The number of ether oxygens (including phenoxy) is 1. The maximum absolute atomic E-state index is 11.6. The smallest absolute Gasteiger partial charge is 0.379 e. The highest BCUT2D eigenvalue weighted by atomic mass is 35.5. The van der Waals surface area contributed by atoms with Crippen molar-refractivity contribution in [3.05, 3.63) is 32.8 Å². The van der Waals surface area contributed by atoms with E-state index in [-0.39, 0.29) is 27.2 Å². The summed E-state index contributed by atoms with van der Waals surface area (Å²) >= 11 is 17.2. The normalized spacial score (nSPS) is 10.0. The largest absolute Gasteiger partial charge is 0.460 e. The molecule has 0 spiro atoms. The lowest BCUT2D eigenvalue weighted by molar-refractivity contribution is -0.137. The van der Waals surface area contributed by atoms with Crippen LogP contribution in [0.3, 0.4) is 0 Å². The third-order valence-corrected chi connectivity index (χ3v) is 2.51. The van der Waals surface area contributed by atoms with Gasteiger partial charge in [0.15, 0.2) is 0 Å². The van der Waals surface area contributed by atoms with Gasteiger partial charge in [0.05, 0.1) is 22.2 Å². The molecule has 6 heteroatoms. The SMILES string of the molecule is CCOC(=O)C(=O)c1c(Cl)cc(Cl)cc1Cl. The number of hydrogen-bond acceptors (Lipinski definition) is 3. The number of carbonyl (C=O) groups is 2. The van der Waals surface area contributed by atoms with E-state index in [0.29, 0.717) is 0 Å². The van der Waals surface area contributed by atoms with Crippen LogP contribution >= 0.6 is 34.8 Å². The van der Waals surface area contributed by atoms with E-state index in [1.807, 2.05) is 0 Å². The molecule has 0 aliphatic rings. The van der Waals surface area contributed by atoms with Gasteiger partial charge in [0, 0.05) is 5.02 Å². The van der Waals surface area contributed by atoms with Crippen molar-refractivity contribution in [1.29, 1.82) is 0 Å². The zero-order valence-corrected chi connectivity index (χ0v) is 10.5. The molecular formula is C10H7Cl3O3. The fraction of sp³-hybridized carbons (Fsp3) is 0.200. The summed E-state index contributed by atoms with van der Waals surface area (Å²) in [7, 11) is 0. The number of halogens is 3. The zero-order chi connectivity index (χ0) is 12.3. The molecule has 3 nitrogen and oxygen atoms in total. The lowest BCUT2D eigenvalue weighted by Gasteiger charge is -2.05. The second kappa shape index (κ2) is 5.53. The molecule has 0 aliphatic heterocycles. The number of carbonyl (C=O) groups excluding carboxylic acids is 2. The lowest BCUT2D eigenvalue weighted by atomic mass is 10.1. The zero-order valence-electron chi connectivity index (χ0n) is 8.22. The molecule has 0 heterocycles. The summed E-state index contributed by atoms with van der Waals surface area (Å²) in [4.78, 5) is 22.8. The molecule has 0 bridgehead atoms. The molecule has 0 amide bonds. The van der Waals surface area contributed by atoms with Gasteiger partial charge in [-0.3, -0.25) is 4.79 Å². The molecule has 1 aromatic rings. The first-order valence-corrected chi connectivity index (χ1v) is 5.46. The summed E-state index contributed by atoms with van der Waals surface area (Å²) < 4.78 is 4.56. The van der Waals surface area contributed by atoms with Crippen LogP contribution in [0.25, 0.3) is 0 Å². The van der Waals surface area contributed by atoms with Crippen molar-refractivity contribution in [3.63, 3.8) is 0 Å². The van der Waals surface area contributed by atoms with E-state index in [4.69, 9.17) is 34.8 Å². The van der Waals surface area contributed by atoms with Crippen LogP contribution in [0.2, 0.25) is 15.1 Å². The number of ketones is 1. The van der Waals surface area contributed by atoms with Gasteiger partial charge in [-0.25, -0.2) is 4.79 Å². The lowest BCUT2D eigenvalue weighted by Crippen LogP contribution is -2.18. The standard InChI is InChI=1S/C10H7Cl3O3/c1-2-16-10(15)9(14)8-6(12)3-5(11)4-7(8)13/h3-4H,2H2,1H3. The summed E-state index contributed by atoms with van der Waals surface area (Å²) in [5, 5.41) is 0.335. The Morgan fingerprint density at radius 2 is 1.69 bits per heavy atom. The van der Waals surface area contributed by atoms with Gasteiger partial charge < -0.3 is 4.74 Å². The van der Waals surface area contributed by atoms with E-state index in [1.165, 1.54) is 12.1 Å². The topological polar surface area (TPSA) is 43.4 Å². The van der Waals surface area contributed by atoms with Gasteiger partial charge in [-0.1, -0.05) is 34.8 Å². The highest BCUT2D eigenvalue weighted by molar-refractivity contribution is 6.50. The van der Waals surface area contributed by atoms with Gasteiger partial charge >= 0.3 is 5.97 Å². The molecule has 1 rings (SSSR count). The second-order valence-electron chi connectivity index (χ2n) is 2.79. The van der Waals surface area contributed by atoms with Crippen LogP contribution in [0.4, 0.5) is 0 Å². The Hall–Kier alpha value is -0.770. The molecule has 0 unspecified atom stereocenters. The summed E-state index contributed by atoms with van der Waals surface area (Å²) in [6, 6.07) is 2.67. The van der Waals surface area contributed by atoms with Crippen LogP contribution < -0.4 is 0 Å². The first-order chi connectivity index (χ1) is 7.47. The minimum atomic E-state index is -0.992. The predicted octanol–water partition coefficient (Wildman–Crippen LogP) is 3.39. The third-order valence-electron chi connectivity index (χ3n) is 1.69. The van der Waals surface area contributed by atoms with E-state index in [2.05, 4.69) is 4.74 Å². The Bertz CT molecular complexity index is 420. The Morgan fingerprint density at radius 3 is 2.12 bits per heavy atom. The minimum absolute atomic E-state index is 0.0237. The molecule has 0 N–H and O–H groups in total. The first-order valence-electron chi connectivity index (χ1n) is 4.33. The van der Waals surface area contributed by atoms with Crippen molar-refractivity contribution in [3.8, 4) is 0 Å². The van der Waals surface area contributed by atoms with Crippen LogP contribution in [-0.4, -0.2) is 18.4 Å². The number of rotatable bonds is 3. The molecule has 1 aromatic carbocycles. The highest BCUT2D eigenvalue weighted by Gasteiger charge is 2.23. The van der Waals surface area contributed by atoms with Gasteiger partial charge in [-0.15, -0.1) is 0 Å². The van der Waals surface area contributed by atoms with E-state index < -0.39 is 11.8 Å². The maximum Gasteiger partial charge on any atom is 0.379 e. The number of Topliss-reactive ketones (excluding diaryl/α,β-unsaturated/α-hetero) is 1. The Kier molecular flexibility index (Phi) is 4.59. The van der Waals surface area contributed by atoms with Crippen molar-refractivity contribution >= 4 is 46.6 Å². The molecular weight excluding hydrogens is 274 g/mol. The molecule has 0 atom stereocenters. The highest BCUT2D eigenvalue weighted by Crippen LogP contribution is 2.29. The van der Waals surface area contributed by atoms with Gasteiger partial charge in [-0.05, 0) is 19.1 Å². The van der Waals surface area contributed by atoms with Crippen LogP contribution in [-0.2, 0) is 9.53 Å². The number of esters is 1. The average molecular weight is 282 g/mol. The first kappa shape index (κ1) is 13.3. The van der Waals surface area contributed by atoms with Crippen molar-refractivity contribution in [2.45, 2.75) is 6.92 Å². The van der Waals surface area contributed by atoms with Crippen LogP contribution in [0.5, 0.6) is 0 Å². The minimum Gasteiger partial charge on any atom is -0.460 e. The van der Waals surface area contributed by atoms with E-state index in [9.17, 15) is 9.59 Å². The average Bonchev–Trinajstić information content (AvgIpc) is 2.16. The predicted molar refractivity (Wildman–Crippen MR) is 62.4 cm³/mol. The summed E-state index contributed by atoms with van der Waals surface area (Å²) in [6.45, 7) is 1.70. The molecule has 0 aromatic heterocycles. The van der Waals surface area contributed by atoms with Crippen LogP contribution in [0.1, 0.15) is 17.3 Å². The third kappa shape index (κ3) is 2.88. The molecule has 86 valence electrons. The fourth-order valence-electron chi connectivity index (χ4n) is 1.06. The molecule has 0 saturated carbocycles. The summed E-state index contributed by atoms with van der Waals surface area (Å²) in [5.41, 5.74) is -0.0915. The van der Waals surface area contributed by atoms with Gasteiger partial charge in [0.2, 0.25) is 0 Å². The molecule has 0 radical (unpaired) electrons. The van der Waals surface area contributed by atoms with Crippen LogP contribution in [0, 0.1) is 0 Å².